The SMILES string of the molecule is Cc1nc(N2CCOCC2)[nH]c(=O)c1CCC(=O)Nc1ccccc1-c1cccs1. The molecule has 1 saturated heterocycles. The van der Waals surface area contributed by atoms with E-state index >= 15 is 0 Å². The van der Waals surface area contributed by atoms with E-state index in [4.69, 9.17) is 4.74 Å². The van der Waals surface area contributed by atoms with Crippen molar-refractivity contribution in [2.75, 3.05) is 36.5 Å². The van der Waals surface area contributed by atoms with Gasteiger partial charge in [-0.3, -0.25) is 14.6 Å². The molecule has 2 N–H and O–H groups in total. The summed E-state index contributed by atoms with van der Waals surface area (Å²) in [5.41, 5.74) is 2.79. The molecular weight excluding hydrogens is 400 g/mol. The van der Waals surface area contributed by atoms with Crippen molar-refractivity contribution in [1.29, 1.82) is 0 Å². The highest BCUT2D eigenvalue weighted by Crippen LogP contribution is 2.31. The van der Waals surface area contributed by atoms with Crippen molar-refractivity contribution in [3.8, 4) is 10.4 Å². The number of aryl methyl sites for hydroxylation is 1. The van der Waals surface area contributed by atoms with Gasteiger partial charge in [-0.1, -0.05) is 24.3 Å². The monoisotopic (exact) mass is 424 g/mol. The summed E-state index contributed by atoms with van der Waals surface area (Å²) in [5.74, 6) is 0.439. The highest BCUT2D eigenvalue weighted by Gasteiger charge is 2.17. The molecule has 3 aromatic rings. The molecule has 0 saturated carbocycles. The Morgan fingerprint density at radius 3 is 2.77 bits per heavy atom. The standard InChI is InChI=1S/C22H24N4O3S/c1-15-16(21(28)25-22(23-15)26-10-12-29-13-11-26)8-9-20(27)24-18-6-3-2-5-17(18)19-7-4-14-30-19/h2-7,14H,8-13H2,1H3,(H,24,27)(H,23,25,28). The van der Waals surface area contributed by atoms with Crippen molar-refractivity contribution in [3.05, 3.63) is 63.4 Å². The van der Waals surface area contributed by atoms with Crippen LogP contribution in [-0.2, 0) is 16.0 Å². The van der Waals surface area contributed by atoms with Crippen LogP contribution in [0.1, 0.15) is 17.7 Å². The number of carbonyl (C=O) groups is 1. The molecule has 2 aromatic heterocycles. The molecule has 30 heavy (non-hydrogen) atoms. The van der Waals surface area contributed by atoms with Gasteiger partial charge >= 0.3 is 0 Å². The van der Waals surface area contributed by atoms with Gasteiger partial charge in [0.15, 0.2) is 0 Å². The van der Waals surface area contributed by atoms with Crippen LogP contribution in [0, 0.1) is 6.92 Å². The van der Waals surface area contributed by atoms with Crippen LogP contribution in [0.2, 0.25) is 0 Å². The van der Waals surface area contributed by atoms with Crippen molar-refractivity contribution in [1.82, 2.24) is 9.97 Å². The average molecular weight is 425 g/mol. The number of anilines is 2. The van der Waals surface area contributed by atoms with Gasteiger partial charge < -0.3 is 15.0 Å². The summed E-state index contributed by atoms with van der Waals surface area (Å²) in [6.07, 6.45) is 0.547. The Morgan fingerprint density at radius 1 is 1.23 bits per heavy atom. The lowest BCUT2D eigenvalue weighted by Gasteiger charge is -2.27. The molecule has 7 nitrogen and oxygen atoms in total. The summed E-state index contributed by atoms with van der Waals surface area (Å²) in [6, 6.07) is 11.8. The number of carbonyl (C=O) groups excluding carboxylic acids is 1. The first kappa shape index (κ1) is 20.3. The van der Waals surface area contributed by atoms with Crippen molar-refractivity contribution in [3.63, 3.8) is 0 Å². The highest BCUT2D eigenvalue weighted by molar-refractivity contribution is 7.13. The van der Waals surface area contributed by atoms with E-state index in [1.54, 1.807) is 11.3 Å². The number of thiophene rings is 1. The number of aromatic nitrogens is 2. The molecular formula is C22H24N4O3S. The Morgan fingerprint density at radius 2 is 2.03 bits per heavy atom. The zero-order valence-electron chi connectivity index (χ0n) is 16.8. The number of para-hydroxylation sites is 1. The highest BCUT2D eigenvalue weighted by atomic mass is 32.1. The Hall–Kier alpha value is -2.97. The van der Waals surface area contributed by atoms with Crippen molar-refractivity contribution in [2.45, 2.75) is 19.8 Å². The van der Waals surface area contributed by atoms with Gasteiger partial charge in [-0.25, -0.2) is 4.98 Å². The summed E-state index contributed by atoms with van der Waals surface area (Å²) in [6.45, 7) is 4.47. The summed E-state index contributed by atoms with van der Waals surface area (Å²) >= 11 is 1.63. The molecule has 4 rings (SSSR count). The van der Waals surface area contributed by atoms with E-state index in [0.29, 0.717) is 49.9 Å². The molecule has 156 valence electrons. The van der Waals surface area contributed by atoms with Gasteiger partial charge in [0.2, 0.25) is 11.9 Å². The summed E-state index contributed by atoms with van der Waals surface area (Å²) in [4.78, 5) is 35.7. The number of H-pyrrole nitrogens is 1. The number of aromatic amines is 1. The molecule has 0 unspecified atom stereocenters. The van der Waals surface area contributed by atoms with Gasteiger partial charge in [-0.15, -0.1) is 11.3 Å². The number of rotatable bonds is 6. The van der Waals surface area contributed by atoms with Crippen LogP contribution in [0.5, 0.6) is 0 Å². The van der Waals surface area contributed by atoms with Gasteiger partial charge in [0.25, 0.3) is 5.56 Å². The Bertz CT molecular complexity index is 1070. The third-order valence-electron chi connectivity index (χ3n) is 5.11. The van der Waals surface area contributed by atoms with E-state index in [-0.39, 0.29) is 17.9 Å². The third kappa shape index (κ3) is 4.60. The maximum Gasteiger partial charge on any atom is 0.255 e. The lowest BCUT2D eigenvalue weighted by Crippen LogP contribution is -2.38. The predicted molar refractivity (Wildman–Crippen MR) is 119 cm³/mol. The fourth-order valence-electron chi connectivity index (χ4n) is 3.50. The van der Waals surface area contributed by atoms with Crippen LogP contribution in [0.3, 0.4) is 0 Å². The van der Waals surface area contributed by atoms with Gasteiger partial charge in [0, 0.05) is 46.9 Å². The minimum absolute atomic E-state index is 0.130. The van der Waals surface area contributed by atoms with Gasteiger partial charge in [0.05, 0.1) is 13.2 Å². The van der Waals surface area contributed by atoms with Crippen LogP contribution in [0.4, 0.5) is 11.6 Å². The number of nitrogens with one attached hydrogen (secondary N) is 2. The number of ether oxygens (including phenoxy) is 1. The topological polar surface area (TPSA) is 87.3 Å². The number of nitrogens with zero attached hydrogens (tertiary/aromatic N) is 2. The molecule has 0 atom stereocenters. The summed E-state index contributed by atoms with van der Waals surface area (Å²) in [7, 11) is 0. The van der Waals surface area contributed by atoms with Crippen molar-refractivity contribution in [2.24, 2.45) is 0 Å². The predicted octanol–water partition coefficient (Wildman–Crippen LogP) is 3.21. The molecule has 1 aromatic carbocycles. The Balaban J connectivity index is 1.43. The summed E-state index contributed by atoms with van der Waals surface area (Å²) < 4.78 is 5.35. The molecule has 1 amide bonds. The lowest BCUT2D eigenvalue weighted by atomic mass is 10.1. The molecule has 0 spiro atoms. The van der Waals surface area contributed by atoms with Crippen LogP contribution >= 0.6 is 11.3 Å². The van der Waals surface area contributed by atoms with E-state index in [9.17, 15) is 9.59 Å². The summed E-state index contributed by atoms with van der Waals surface area (Å²) in [5, 5.41) is 4.99. The second kappa shape index (κ2) is 9.23. The minimum Gasteiger partial charge on any atom is -0.378 e. The van der Waals surface area contributed by atoms with Crippen LogP contribution in [0.25, 0.3) is 10.4 Å². The molecule has 3 heterocycles. The molecule has 1 aliphatic heterocycles. The Labute approximate surface area is 178 Å². The lowest BCUT2D eigenvalue weighted by molar-refractivity contribution is -0.116. The number of amides is 1. The van der Waals surface area contributed by atoms with Gasteiger partial charge in [-0.2, -0.15) is 0 Å². The molecule has 0 aliphatic carbocycles. The first-order valence-corrected chi connectivity index (χ1v) is 10.8. The van der Waals surface area contributed by atoms with Crippen LogP contribution < -0.4 is 15.8 Å². The average Bonchev–Trinajstić information content (AvgIpc) is 3.29. The van der Waals surface area contributed by atoms with E-state index < -0.39 is 0 Å². The molecule has 0 radical (unpaired) electrons. The van der Waals surface area contributed by atoms with Crippen LogP contribution in [-0.4, -0.2) is 42.2 Å². The number of hydrogen-bond acceptors (Lipinski definition) is 6. The smallest absolute Gasteiger partial charge is 0.255 e. The molecule has 1 fully saturated rings. The fourth-order valence-corrected chi connectivity index (χ4v) is 4.27. The fraction of sp³-hybridized carbons (Fsp3) is 0.318. The maximum atomic E-state index is 12.6. The third-order valence-corrected chi connectivity index (χ3v) is 6.01. The first-order chi connectivity index (χ1) is 14.6. The van der Waals surface area contributed by atoms with Gasteiger partial charge in [-0.05, 0) is 30.9 Å². The second-order valence-corrected chi connectivity index (χ2v) is 8.07. The molecule has 1 aliphatic rings. The molecule has 0 bridgehead atoms. The van der Waals surface area contributed by atoms with Crippen molar-refractivity contribution >= 4 is 28.9 Å². The number of hydrogen-bond donors (Lipinski definition) is 2. The number of benzene rings is 1. The molecule has 8 heteroatoms. The Kier molecular flexibility index (Phi) is 6.25. The van der Waals surface area contributed by atoms with Crippen LogP contribution in [0.15, 0.2) is 46.6 Å². The van der Waals surface area contributed by atoms with E-state index in [1.165, 1.54) is 0 Å². The van der Waals surface area contributed by atoms with Crippen molar-refractivity contribution < 1.29 is 9.53 Å². The van der Waals surface area contributed by atoms with E-state index in [1.807, 2.05) is 53.6 Å². The van der Waals surface area contributed by atoms with E-state index in [2.05, 4.69) is 15.3 Å². The van der Waals surface area contributed by atoms with E-state index in [0.717, 1.165) is 16.1 Å². The number of morpholine rings is 1. The zero-order chi connectivity index (χ0) is 20.9. The largest absolute Gasteiger partial charge is 0.378 e. The van der Waals surface area contributed by atoms with Gasteiger partial charge in [0.1, 0.15) is 0 Å². The maximum absolute atomic E-state index is 12.6. The zero-order valence-corrected chi connectivity index (χ0v) is 17.6. The minimum atomic E-state index is -0.184. The first-order valence-electron chi connectivity index (χ1n) is 9.97. The quantitative estimate of drug-likeness (QED) is 0.634. The normalized spacial score (nSPS) is 14.0. The second-order valence-electron chi connectivity index (χ2n) is 7.12.